The van der Waals surface area contributed by atoms with E-state index in [0.717, 1.165) is 44.9 Å². The lowest BCUT2D eigenvalue weighted by Gasteiger charge is -2.22. The van der Waals surface area contributed by atoms with Crippen molar-refractivity contribution in [1.82, 2.24) is 15.5 Å². The number of nitrogens with one attached hydrogen (secondary N) is 2. The van der Waals surface area contributed by atoms with E-state index in [9.17, 15) is 5.11 Å². The zero-order valence-corrected chi connectivity index (χ0v) is 15.9. The van der Waals surface area contributed by atoms with Crippen LogP contribution >= 0.6 is 0 Å². The molecular weight excluding hydrogens is 304 g/mol. The predicted molar refractivity (Wildman–Crippen MR) is 99.4 cm³/mol. The predicted octanol–water partition coefficient (Wildman–Crippen LogP) is 2.08. The van der Waals surface area contributed by atoms with Crippen LogP contribution in [-0.2, 0) is 5.60 Å². The number of hydrogen-bond donors (Lipinski definition) is 3. The Morgan fingerprint density at radius 2 is 2.00 bits per heavy atom. The number of aliphatic imine (C=N–C) groups is 1. The van der Waals surface area contributed by atoms with Crippen molar-refractivity contribution in [3.8, 4) is 0 Å². The number of rotatable bonds is 10. The minimum atomic E-state index is -1.12. The van der Waals surface area contributed by atoms with Crippen LogP contribution in [0.15, 0.2) is 21.5 Å². The molecule has 1 unspecified atom stereocenters. The molecule has 0 aliphatic carbocycles. The van der Waals surface area contributed by atoms with Crippen molar-refractivity contribution in [3.05, 3.63) is 23.7 Å². The number of guanidine groups is 1. The van der Waals surface area contributed by atoms with Gasteiger partial charge in [-0.3, -0.25) is 0 Å². The molecule has 0 saturated heterocycles. The van der Waals surface area contributed by atoms with Crippen LogP contribution in [0.2, 0.25) is 0 Å². The third kappa shape index (κ3) is 6.93. The van der Waals surface area contributed by atoms with Crippen molar-refractivity contribution in [2.45, 2.75) is 46.6 Å². The molecule has 0 fully saturated rings. The Labute approximate surface area is 146 Å². The van der Waals surface area contributed by atoms with E-state index in [1.54, 1.807) is 13.0 Å². The summed E-state index contributed by atoms with van der Waals surface area (Å²) in [5, 5.41) is 17.1. The fourth-order valence-electron chi connectivity index (χ4n) is 2.45. The maximum Gasteiger partial charge on any atom is 0.191 e. The molecule has 0 aromatic carbocycles. The summed E-state index contributed by atoms with van der Waals surface area (Å²) in [4.78, 5) is 6.91. The van der Waals surface area contributed by atoms with Crippen molar-refractivity contribution in [2.75, 3.05) is 39.3 Å². The van der Waals surface area contributed by atoms with E-state index in [-0.39, 0.29) is 6.54 Å². The molecule has 1 atom stereocenters. The summed E-state index contributed by atoms with van der Waals surface area (Å²) in [5.74, 6) is 2.04. The first-order valence-corrected chi connectivity index (χ1v) is 8.96. The standard InChI is InChI=1S/C18H34N4O2/c1-6-12-22(8-3)13-11-20-17(19-7-2)21-14-18(5,23)16-10-9-15(4)24-16/h9-10,23H,6-8,11-14H2,1-5H3,(H2,19,20,21). The summed E-state index contributed by atoms with van der Waals surface area (Å²) < 4.78 is 5.53. The topological polar surface area (TPSA) is 73.0 Å². The quantitative estimate of drug-likeness (QED) is 0.450. The van der Waals surface area contributed by atoms with Crippen LogP contribution in [0.4, 0.5) is 0 Å². The SMILES string of the molecule is CCCN(CC)CCNC(=NCC(C)(O)c1ccc(C)o1)NCC. The first kappa shape index (κ1) is 20.5. The lowest BCUT2D eigenvalue weighted by atomic mass is 10.0. The molecule has 1 aromatic rings. The molecule has 0 saturated carbocycles. The van der Waals surface area contributed by atoms with Crippen molar-refractivity contribution < 1.29 is 9.52 Å². The van der Waals surface area contributed by atoms with Gasteiger partial charge in [-0.1, -0.05) is 13.8 Å². The summed E-state index contributed by atoms with van der Waals surface area (Å²) >= 11 is 0. The third-order valence-electron chi connectivity index (χ3n) is 3.87. The van der Waals surface area contributed by atoms with Gasteiger partial charge in [0.1, 0.15) is 17.1 Å². The number of likely N-dealkylation sites (N-methyl/N-ethyl adjacent to an activating group) is 1. The molecule has 3 N–H and O–H groups in total. The Morgan fingerprint density at radius 1 is 1.25 bits per heavy atom. The third-order valence-corrected chi connectivity index (χ3v) is 3.87. The second kappa shape index (κ2) is 10.4. The van der Waals surface area contributed by atoms with E-state index in [4.69, 9.17) is 4.42 Å². The van der Waals surface area contributed by atoms with Crippen LogP contribution in [0, 0.1) is 6.92 Å². The Bertz CT molecular complexity index is 497. The molecule has 1 heterocycles. The van der Waals surface area contributed by atoms with Gasteiger partial charge in [0.25, 0.3) is 0 Å². The van der Waals surface area contributed by atoms with Gasteiger partial charge < -0.3 is 25.1 Å². The largest absolute Gasteiger partial charge is 0.463 e. The minimum absolute atomic E-state index is 0.238. The van der Waals surface area contributed by atoms with Crippen LogP contribution in [0.3, 0.4) is 0 Å². The Balaban J connectivity index is 2.58. The van der Waals surface area contributed by atoms with Crippen molar-refractivity contribution in [1.29, 1.82) is 0 Å². The van der Waals surface area contributed by atoms with Gasteiger partial charge >= 0.3 is 0 Å². The van der Waals surface area contributed by atoms with Gasteiger partial charge in [0.2, 0.25) is 0 Å². The number of hydrogen-bond acceptors (Lipinski definition) is 4. The number of nitrogens with zero attached hydrogens (tertiary/aromatic N) is 2. The number of furan rings is 1. The smallest absolute Gasteiger partial charge is 0.191 e. The monoisotopic (exact) mass is 338 g/mol. The summed E-state index contributed by atoms with van der Waals surface area (Å²) in [7, 11) is 0. The first-order valence-electron chi connectivity index (χ1n) is 8.96. The highest BCUT2D eigenvalue weighted by Gasteiger charge is 2.26. The molecule has 6 nitrogen and oxygen atoms in total. The molecule has 0 aliphatic rings. The first-order chi connectivity index (χ1) is 11.4. The highest BCUT2D eigenvalue weighted by Crippen LogP contribution is 2.22. The van der Waals surface area contributed by atoms with E-state index >= 15 is 0 Å². The van der Waals surface area contributed by atoms with Crippen LogP contribution in [0.25, 0.3) is 0 Å². The molecule has 0 amide bonds. The van der Waals surface area contributed by atoms with Crippen LogP contribution in [0.1, 0.15) is 45.6 Å². The van der Waals surface area contributed by atoms with Crippen molar-refractivity contribution in [3.63, 3.8) is 0 Å². The van der Waals surface area contributed by atoms with Gasteiger partial charge in [-0.2, -0.15) is 0 Å². The van der Waals surface area contributed by atoms with Crippen LogP contribution in [-0.4, -0.2) is 55.2 Å². The van der Waals surface area contributed by atoms with Gasteiger partial charge in [-0.05, 0) is 52.4 Å². The van der Waals surface area contributed by atoms with Gasteiger partial charge in [0, 0.05) is 19.6 Å². The van der Waals surface area contributed by atoms with Crippen molar-refractivity contribution >= 4 is 5.96 Å². The molecule has 24 heavy (non-hydrogen) atoms. The summed E-state index contributed by atoms with van der Waals surface area (Å²) in [6.45, 7) is 15.0. The Hall–Kier alpha value is -1.53. The van der Waals surface area contributed by atoms with Crippen LogP contribution in [0.5, 0.6) is 0 Å². The Morgan fingerprint density at radius 3 is 2.54 bits per heavy atom. The highest BCUT2D eigenvalue weighted by atomic mass is 16.4. The molecular formula is C18H34N4O2. The lowest BCUT2D eigenvalue weighted by molar-refractivity contribution is 0.0428. The van der Waals surface area contributed by atoms with E-state index in [2.05, 4.69) is 34.4 Å². The van der Waals surface area contributed by atoms with Gasteiger partial charge in [0.05, 0.1) is 6.54 Å². The Kier molecular flexibility index (Phi) is 8.85. The molecule has 6 heteroatoms. The maximum atomic E-state index is 10.6. The highest BCUT2D eigenvalue weighted by molar-refractivity contribution is 5.79. The number of aryl methyl sites for hydroxylation is 1. The molecule has 0 spiro atoms. The van der Waals surface area contributed by atoms with E-state index < -0.39 is 5.60 Å². The summed E-state index contributed by atoms with van der Waals surface area (Å²) in [5.41, 5.74) is -1.12. The molecule has 0 radical (unpaired) electrons. The zero-order chi connectivity index (χ0) is 18.0. The number of aliphatic hydroxyl groups is 1. The molecule has 1 aromatic heterocycles. The van der Waals surface area contributed by atoms with Gasteiger partial charge in [0.15, 0.2) is 5.96 Å². The normalized spacial score (nSPS) is 14.7. The second-order valence-electron chi connectivity index (χ2n) is 6.24. The van der Waals surface area contributed by atoms with E-state index in [1.165, 1.54) is 0 Å². The van der Waals surface area contributed by atoms with Crippen LogP contribution < -0.4 is 10.6 Å². The maximum absolute atomic E-state index is 10.6. The average molecular weight is 338 g/mol. The summed E-state index contributed by atoms with van der Waals surface area (Å²) in [6, 6.07) is 3.65. The fraction of sp³-hybridized carbons (Fsp3) is 0.722. The molecule has 138 valence electrons. The summed E-state index contributed by atoms with van der Waals surface area (Å²) in [6.07, 6.45) is 1.16. The van der Waals surface area contributed by atoms with Gasteiger partial charge in [-0.25, -0.2) is 4.99 Å². The van der Waals surface area contributed by atoms with E-state index in [0.29, 0.717) is 11.7 Å². The average Bonchev–Trinajstić information content (AvgIpc) is 2.99. The van der Waals surface area contributed by atoms with Crippen molar-refractivity contribution in [2.24, 2.45) is 4.99 Å². The molecule has 1 rings (SSSR count). The molecule has 0 aliphatic heterocycles. The zero-order valence-electron chi connectivity index (χ0n) is 15.9. The lowest BCUT2D eigenvalue weighted by Crippen LogP contribution is -2.42. The fourth-order valence-corrected chi connectivity index (χ4v) is 2.45. The van der Waals surface area contributed by atoms with Gasteiger partial charge in [-0.15, -0.1) is 0 Å². The minimum Gasteiger partial charge on any atom is -0.463 e. The van der Waals surface area contributed by atoms with E-state index in [1.807, 2.05) is 19.9 Å². The molecule has 0 bridgehead atoms. The second-order valence-corrected chi connectivity index (χ2v) is 6.24.